The van der Waals surface area contributed by atoms with Crippen LogP contribution < -0.4 is 0 Å². The van der Waals surface area contributed by atoms with Crippen LogP contribution in [-0.4, -0.2) is 0 Å². The molecular formula is C32H20. The lowest BCUT2D eigenvalue weighted by Crippen LogP contribution is -1.87. The van der Waals surface area contributed by atoms with E-state index in [0.29, 0.717) is 0 Å². The first-order valence-electron chi connectivity index (χ1n) is 11.1. The van der Waals surface area contributed by atoms with E-state index in [1.807, 2.05) is 0 Å². The minimum absolute atomic E-state index is 1.26. The van der Waals surface area contributed by atoms with Gasteiger partial charge in [0.25, 0.3) is 0 Å². The van der Waals surface area contributed by atoms with Crippen LogP contribution in [0, 0.1) is 0 Å². The molecule has 0 atom stereocenters. The summed E-state index contributed by atoms with van der Waals surface area (Å²) in [6.07, 6.45) is 0. The zero-order valence-electron chi connectivity index (χ0n) is 17.5. The van der Waals surface area contributed by atoms with E-state index in [4.69, 9.17) is 0 Å². The topological polar surface area (TPSA) is 0 Å². The SMILES string of the molecule is c1ccc(-c2cc3ccccc3c3c2-c2ccc(-c4ccccc4)c4cccc-3c24)cc1. The molecule has 1 aliphatic rings. The van der Waals surface area contributed by atoms with Gasteiger partial charge in [-0.05, 0) is 72.1 Å². The molecule has 0 spiro atoms. The van der Waals surface area contributed by atoms with Crippen LogP contribution in [0.2, 0.25) is 0 Å². The lowest BCUT2D eigenvalue weighted by molar-refractivity contribution is 1.63. The van der Waals surface area contributed by atoms with Crippen LogP contribution in [0.4, 0.5) is 0 Å². The molecule has 0 amide bonds. The normalized spacial score (nSPS) is 11.8. The third-order valence-electron chi connectivity index (χ3n) is 6.80. The van der Waals surface area contributed by atoms with Gasteiger partial charge < -0.3 is 0 Å². The molecule has 0 heterocycles. The molecule has 0 saturated carbocycles. The van der Waals surface area contributed by atoms with E-state index in [1.54, 1.807) is 0 Å². The molecule has 0 aliphatic heterocycles. The monoisotopic (exact) mass is 404 g/mol. The van der Waals surface area contributed by atoms with Gasteiger partial charge in [-0.3, -0.25) is 0 Å². The van der Waals surface area contributed by atoms with Gasteiger partial charge in [0.15, 0.2) is 0 Å². The highest BCUT2D eigenvalue weighted by Crippen LogP contribution is 2.55. The fraction of sp³-hybridized carbons (Fsp3) is 0. The van der Waals surface area contributed by atoms with Crippen LogP contribution in [0.15, 0.2) is 121 Å². The Balaban J connectivity index is 1.64. The van der Waals surface area contributed by atoms with Crippen molar-refractivity contribution in [3.05, 3.63) is 121 Å². The molecule has 32 heavy (non-hydrogen) atoms. The second kappa shape index (κ2) is 6.67. The Morgan fingerprint density at radius 3 is 1.72 bits per heavy atom. The third kappa shape index (κ3) is 2.38. The number of rotatable bonds is 2. The summed E-state index contributed by atoms with van der Waals surface area (Å²) in [7, 11) is 0. The Morgan fingerprint density at radius 2 is 0.938 bits per heavy atom. The Kier molecular flexibility index (Phi) is 3.65. The highest BCUT2D eigenvalue weighted by molar-refractivity contribution is 6.26. The van der Waals surface area contributed by atoms with Crippen molar-refractivity contribution >= 4 is 21.5 Å². The average Bonchev–Trinajstić information content (AvgIpc) is 3.21. The summed E-state index contributed by atoms with van der Waals surface area (Å²) in [5.74, 6) is 0. The first-order valence-corrected chi connectivity index (χ1v) is 11.1. The molecule has 1 aliphatic carbocycles. The van der Waals surface area contributed by atoms with Gasteiger partial charge in [0.1, 0.15) is 0 Å². The van der Waals surface area contributed by atoms with Crippen LogP contribution in [0.5, 0.6) is 0 Å². The van der Waals surface area contributed by atoms with E-state index in [0.717, 1.165) is 0 Å². The Hall–Kier alpha value is -4.16. The molecule has 0 heteroatoms. The maximum absolute atomic E-state index is 2.37. The predicted molar refractivity (Wildman–Crippen MR) is 137 cm³/mol. The third-order valence-corrected chi connectivity index (χ3v) is 6.80. The van der Waals surface area contributed by atoms with Gasteiger partial charge in [-0.25, -0.2) is 0 Å². The molecule has 6 aromatic rings. The number of fused-ring (bicyclic) bond motifs is 5. The minimum atomic E-state index is 1.26. The Bertz CT molecular complexity index is 1640. The zero-order chi connectivity index (χ0) is 21.1. The van der Waals surface area contributed by atoms with Crippen molar-refractivity contribution < 1.29 is 0 Å². The first kappa shape index (κ1) is 17.5. The molecule has 0 nitrogen and oxygen atoms in total. The van der Waals surface area contributed by atoms with Crippen molar-refractivity contribution in [1.82, 2.24) is 0 Å². The Morgan fingerprint density at radius 1 is 0.344 bits per heavy atom. The van der Waals surface area contributed by atoms with Gasteiger partial charge in [-0.1, -0.05) is 115 Å². The summed E-state index contributed by atoms with van der Waals surface area (Å²) >= 11 is 0. The molecule has 0 fully saturated rings. The van der Waals surface area contributed by atoms with Gasteiger partial charge >= 0.3 is 0 Å². The number of hydrogen-bond acceptors (Lipinski definition) is 0. The van der Waals surface area contributed by atoms with Crippen LogP contribution in [0.1, 0.15) is 0 Å². The van der Waals surface area contributed by atoms with Crippen molar-refractivity contribution in [3.63, 3.8) is 0 Å². The van der Waals surface area contributed by atoms with Crippen LogP contribution >= 0.6 is 0 Å². The maximum atomic E-state index is 2.37. The van der Waals surface area contributed by atoms with E-state index >= 15 is 0 Å². The standard InChI is InChI=1S/C32H20/c1-3-10-21(11-4-1)24-18-19-28-30-26(24)16-9-17-27(30)31-25-15-8-7-14-23(25)20-29(32(28)31)22-12-5-2-6-13-22/h1-20H. The maximum Gasteiger partial charge on any atom is -0.00137 e. The summed E-state index contributed by atoms with van der Waals surface area (Å²) in [5.41, 5.74) is 10.6. The molecular weight excluding hydrogens is 384 g/mol. The van der Waals surface area contributed by atoms with E-state index in [1.165, 1.54) is 66.1 Å². The van der Waals surface area contributed by atoms with Gasteiger partial charge in [-0.15, -0.1) is 0 Å². The summed E-state index contributed by atoms with van der Waals surface area (Å²) in [4.78, 5) is 0. The van der Waals surface area contributed by atoms with E-state index in [-0.39, 0.29) is 0 Å². The smallest absolute Gasteiger partial charge is 0.00137 e. The molecule has 0 aromatic heterocycles. The highest BCUT2D eigenvalue weighted by atomic mass is 14.3. The van der Waals surface area contributed by atoms with Gasteiger partial charge in [0.05, 0.1) is 0 Å². The molecule has 7 rings (SSSR count). The minimum Gasteiger partial charge on any atom is -0.0622 e. The average molecular weight is 405 g/mol. The summed E-state index contributed by atoms with van der Waals surface area (Å²) in [6.45, 7) is 0. The fourth-order valence-electron chi connectivity index (χ4n) is 5.45. The van der Waals surface area contributed by atoms with Crippen molar-refractivity contribution in [2.45, 2.75) is 0 Å². The number of benzene rings is 6. The lowest BCUT2D eigenvalue weighted by Gasteiger charge is -2.14. The first-order chi connectivity index (χ1) is 15.9. The van der Waals surface area contributed by atoms with Gasteiger partial charge in [-0.2, -0.15) is 0 Å². The van der Waals surface area contributed by atoms with E-state index in [2.05, 4.69) is 121 Å². The summed E-state index contributed by atoms with van der Waals surface area (Å²) in [5, 5.41) is 5.31. The van der Waals surface area contributed by atoms with Gasteiger partial charge in [0, 0.05) is 0 Å². The highest BCUT2D eigenvalue weighted by Gasteiger charge is 2.27. The molecule has 0 saturated heterocycles. The fourth-order valence-corrected chi connectivity index (χ4v) is 5.45. The van der Waals surface area contributed by atoms with E-state index < -0.39 is 0 Å². The molecule has 148 valence electrons. The summed E-state index contributed by atoms with van der Waals surface area (Å²) in [6, 6.07) is 44.1. The largest absolute Gasteiger partial charge is 0.0622 e. The number of hydrogen-bond donors (Lipinski definition) is 0. The van der Waals surface area contributed by atoms with Crippen molar-refractivity contribution in [1.29, 1.82) is 0 Å². The van der Waals surface area contributed by atoms with Crippen LogP contribution in [-0.2, 0) is 0 Å². The summed E-state index contributed by atoms with van der Waals surface area (Å²) < 4.78 is 0. The molecule has 0 radical (unpaired) electrons. The van der Waals surface area contributed by atoms with Crippen LogP contribution in [0.3, 0.4) is 0 Å². The van der Waals surface area contributed by atoms with Crippen LogP contribution in [0.25, 0.3) is 66.1 Å². The molecule has 6 aromatic carbocycles. The van der Waals surface area contributed by atoms with Crippen molar-refractivity contribution in [3.8, 4) is 44.5 Å². The second-order valence-corrected chi connectivity index (χ2v) is 8.52. The molecule has 0 unspecified atom stereocenters. The zero-order valence-corrected chi connectivity index (χ0v) is 17.5. The molecule has 0 bridgehead atoms. The van der Waals surface area contributed by atoms with E-state index in [9.17, 15) is 0 Å². The quantitative estimate of drug-likeness (QED) is 0.270. The van der Waals surface area contributed by atoms with Crippen molar-refractivity contribution in [2.75, 3.05) is 0 Å². The predicted octanol–water partition coefficient (Wildman–Crippen LogP) is 8.97. The second-order valence-electron chi connectivity index (χ2n) is 8.52. The van der Waals surface area contributed by atoms with Crippen molar-refractivity contribution in [2.24, 2.45) is 0 Å². The Labute approximate surface area is 187 Å². The lowest BCUT2D eigenvalue weighted by atomic mass is 9.89. The van der Waals surface area contributed by atoms with Gasteiger partial charge in [0.2, 0.25) is 0 Å². The molecule has 0 N–H and O–H groups in total.